The summed E-state index contributed by atoms with van der Waals surface area (Å²) in [7, 11) is 1.57. The fraction of sp³-hybridized carbons (Fsp3) is 0.250. The lowest BCUT2D eigenvalue weighted by Crippen LogP contribution is -2.13. The molecule has 1 amide bonds. The Morgan fingerprint density at radius 2 is 2.15 bits per heavy atom. The van der Waals surface area contributed by atoms with E-state index in [2.05, 4.69) is 31.4 Å². The highest BCUT2D eigenvalue weighted by Crippen LogP contribution is 2.34. The van der Waals surface area contributed by atoms with Crippen molar-refractivity contribution in [3.8, 4) is 0 Å². The van der Waals surface area contributed by atoms with Gasteiger partial charge in [-0.3, -0.25) is 10.1 Å². The van der Waals surface area contributed by atoms with Crippen molar-refractivity contribution in [2.75, 3.05) is 12.4 Å². The Hall–Kier alpha value is -1.38. The molecule has 0 atom stereocenters. The number of carbonyl (C=O) groups excluding carboxylic acids is 1. The average Bonchev–Trinajstić information content (AvgIpc) is 2.79. The molecule has 0 spiro atoms. The molecule has 6 nitrogen and oxygen atoms in total. The van der Waals surface area contributed by atoms with Gasteiger partial charge in [-0.05, 0) is 34.5 Å². The van der Waals surface area contributed by atoms with Gasteiger partial charge >= 0.3 is 6.01 Å². The molecule has 0 aliphatic heterocycles. The van der Waals surface area contributed by atoms with Crippen molar-refractivity contribution in [2.24, 2.45) is 0 Å². The molecular formula is C12H12BrN3O3S. The van der Waals surface area contributed by atoms with Crippen LogP contribution < -0.4 is 5.32 Å². The minimum absolute atomic E-state index is 0.0703. The second-order valence-corrected chi connectivity index (χ2v) is 5.60. The molecule has 0 radical (unpaired) electrons. The molecular weight excluding hydrogens is 346 g/mol. The van der Waals surface area contributed by atoms with Crippen LogP contribution >= 0.6 is 28.0 Å². The Balaban J connectivity index is 2.28. The lowest BCUT2D eigenvalue weighted by molar-refractivity contribution is 0.102. The average molecular weight is 358 g/mol. The van der Waals surface area contributed by atoms with Gasteiger partial charge in [-0.1, -0.05) is 11.2 Å². The smallest absolute Gasteiger partial charge is 0.322 e. The minimum Gasteiger partial charge on any atom is -0.408 e. The maximum atomic E-state index is 12.2. The van der Waals surface area contributed by atoms with E-state index in [4.69, 9.17) is 8.60 Å². The zero-order valence-corrected chi connectivity index (χ0v) is 13.5. The lowest BCUT2D eigenvalue weighted by Gasteiger charge is -2.10. The van der Waals surface area contributed by atoms with Gasteiger partial charge in [-0.2, -0.15) is 0 Å². The van der Waals surface area contributed by atoms with E-state index in [0.29, 0.717) is 15.9 Å². The molecule has 1 N–H and O–H groups in total. The first-order valence-electron chi connectivity index (χ1n) is 5.64. The molecule has 1 aromatic heterocycles. The van der Waals surface area contributed by atoms with Crippen molar-refractivity contribution in [2.45, 2.75) is 18.7 Å². The summed E-state index contributed by atoms with van der Waals surface area (Å²) in [6.07, 6.45) is 0. The standard InChI is InChI=1S/C12H12BrN3O3S/c1-6-4-5-8(9(13)10(6)20-18-3)11(17)14-12-16-15-7(2)19-12/h4-5H,1-3H3,(H,14,16,17). The highest BCUT2D eigenvalue weighted by atomic mass is 79.9. The molecule has 0 aliphatic carbocycles. The van der Waals surface area contributed by atoms with Crippen LogP contribution in [-0.2, 0) is 4.18 Å². The zero-order valence-electron chi connectivity index (χ0n) is 11.1. The van der Waals surface area contributed by atoms with Gasteiger partial charge in [0.1, 0.15) is 0 Å². The second-order valence-electron chi connectivity index (χ2n) is 3.90. The second kappa shape index (κ2) is 6.38. The van der Waals surface area contributed by atoms with E-state index in [1.165, 1.54) is 12.0 Å². The van der Waals surface area contributed by atoms with E-state index in [1.807, 2.05) is 13.0 Å². The van der Waals surface area contributed by atoms with Crippen LogP contribution in [0.15, 0.2) is 25.9 Å². The number of nitrogens with one attached hydrogen (secondary N) is 1. The minimum atomic E-state index is -0.335. The third-order valence-electron chi connectivity index (χ3n) is 2.45. The number of halogens is 1. The summed E-state index contributed by atoms with van der Waals surface area (Å²) < 4.78 is 10.8. The highest BCUT2D eigenvalue weighted by Gasteiger charge is 2.17. The highest BCUT2D eigenvalue weighted by molar-refractivity contribution is 9.10. The van der Waals surface area contributed by atoms with Crippen molar-refractivity contribution in [3.05, 3.63) is 33.6 Å². The number of nitrogens with zero attached hydrogens (tertiary/aromatic N) is 2. The van der Waals surface area contributed by atoms with Crippen LogP contribution in [0.1, 0.15) is 21.8 Å². The van der Waals surface area contributed by atoms with Crippen molar-refractivity contribution >= 4 is 39.9 Å². The summed E-state index contributed by atoms with van der Waals surface area (Å²) in [6.45, 7) is 3.59. The fourth-order valence-electron chi connectivity index (χ4n) is 1.53. The first kappa shape index (κ1) is 15.0. The van der Waals surface area contributed by atoms with Crippen molar-refractivity contribution in [3.63, 3.8) is 0 Å². The number of carbonyl (C=O) groups is 1. The van der Waals surface area contributed by atoms with Crippen LogP contribution in [0.2, 0.25) is 0 Å². The van der Waals surface area contributed by atoms with Crippen LogP contribution in [0.4, 0.5) is 6.01 Å². The third-order valence-corrected chi connectivity index (χ3v) is 4.40. The van der Waals surface area contributed by atoms with Gasteiger partial charge in [0, 0.05) is 23.4 Å². The fourth-order valence-corrected chi connectivity index (χ4v) is 2.90. The number of amides is 1. The molecule has 2 rings (SSSR count). The normalized spacial score (nSPS) is 10.6. The number of rotatable bonds is 4. The van der Waals surface area contributed by atoms with Gasteiger partial charge in [0.15, 0.2) is 0 Å². The first-order chi connectivity index (χ1) is 9.52. The molecule has 0 aliphatic rings. The Kier molecular flexibility index (Phi) is 4.79. The van der Waals surface area contributed by atoms with Crippen LogP contribution in [0, 0.1) is 13.8 Å². The topological polar surface area (TPSA) is 77.2 Å². The van der Waals surface area contributed by atoms with Gasteiger partial charge in [-0.15, -0.1) is 5.10 Å². The number of anilines is 1. The molecule has 20 heavy (non-hydrogen) atoms. The van der Waals surface area contributed by atoms with Crippen LogP contribution in [0.3, 0.4) is 0 Å². The molecule has 106 valence electrons. The quantitative estimate of drug-likeness (QED) is 0.845. The van der Waals surface area contributed by atoms with Gasteiger partial charge in [0.2, 0.25) is 5.89 Å². The predicted octanol–water partition coefficient (Wildman–Crippen LogP) is 3.35. The predicted molar refractivity (Wildman–Crippen MR) is 78.7 cm³/mol. The number of benzene rings is 1. The van der Waals surface area contributed by atoms with Crippen LogP contribution in [0.25, 0.3) is 0 Å². The zero-order chi connectivity index (χ0) is 14.7. The molecule has 1 aromatic carbocycles. The van der Waals surface area contributed by atoms with E-state index in [-0.39, 0.29) is 11.9 Å². The summed E-state index contributed by atoms with van der Waals surface area (Å²) in [5.41, 5.74) is 1.47. The number of hydrogen-bond acceptors (Lipinski definition) is 6. The lowest BCUT2D eigenvalue weighted by atomic mass is 10.1. The van der Waals surface area contributed by atoms with Gasteiger partial charge in [-0.25, -0.2) is 0 Å². The van der Waals surface area contributed by atoms with E-state index in [9.17, 15) is 4.79 Å². The Morgan fingerprint density at radius 1 is 1.40 bits per heavy atom. The van der Waals surface area contributed by atoms with Crippen LogP contribution in [0.5, 0.6) is 0 Å². The Bertz CT molecular complexity index is 645. The van der Waals surface area contributed by atoms with Gasteiger partial charge in [0.25, 0.3) is 5.91 Å². The number of hydrogen-bond donors (Lipinski definition) is 1. The van der Waals surface area contributed by atoms with E-state index < -0.39 is 0 Å². The summed E-state index contributed by atoms with van der Waals surface area (Å²) in [6, 6.07) is 3.64. The van der Waals surface area contributed by atoms with Crippen LogP contribution in [-0.4, -0.2) is 23.2 Å². The molecule has 0 fully saturated rings. The summed E-state index contributed by atoms with van der Waals surface area (Å²) in [5.74, 6) is 0.0531. The largest absolute Gasteiger partial charge is 0.408 e. The monoisotopic (exact) mass is 357 g/mol. The Morgan fingerprint density at radius 3 is 2.75 bits per heavy atom. The summed E-state index contributed by atoms with van der Waals surface area (Å²) in [4.78, 5) is 13.0. The number of aryl methyl sites for hydroxylation is 2. The number of aromatic nitrogens is 2. The molecule has 0 saturated carbocycles. The Labute approximate surface area is 128 Å². The molecule has 0 unspecified atom stereocenters. The SMILES string of the molecule is COSc1c(C)ccc(C(=O)Nc2nnc(C)o2)c1Br. The third kappa shape index (κ3) is 3.20. The molecule has 1 heterocycles. The molecule has 0 bridgehead atoms. The maximum Gasteiger partial charge on any atom is 0.322 e. The molecule has 0 saturated heterocycles. The van der Waals surface area contributed by atoms with E-state index in [1.54, 1.807) is 20.1 Å². The maximum absolute atomic E-state index is 12.2. The van der Waals surface area contributed by atoms with Crippen molar-refractivity contribution in [1.29, 1.82) is 0 Å². The molecule has 2 aromatic rings. The van der Waals surface area contributed by atoms with Gasteiger partial charge in [0.05, 0.1) is 17.6 Å². The van der Waals surface area contributed by atoms with E-state index >= 15 is 0 Å². The van der Waals surface area contributed by atoms with Crippen molar-refractivity contribution in [1.82, 2.24) is 10.2 Å². The van der Waals surface area contributed by atoms with E-state index in [0.717, 1.165) is 10.5 Å². The first-order valence-corrected chi connectivity index (χ1v) is 7.17. The van der Waals surface area contributed by atoms with Gasteiger partial charge < -0.3 is 8.60 Å². The summed E-state index contributed by atoms with van der Waals surface area (Å²) in [5, 5.41) is 9.92. The molecule has 8 heteroatoms. The summed E-state index contributed by atoms with van der Waals surface area (Å²) >= 11 is 4.62. The van der Waals surface area contributed by atoms with Crippen molar-refractivity contribution < 1.29 is 13.4 Å².